The van der Waals surface area contributed by atoms with Crippen LogP contribution in [0.5, 0.6) is 0 Å². The van der Waals surface area contributed by atoms with Gasteiger partial charge in [-0.15, -0.1) is 0 Å². The quantitative estimate of drug-likeness (QED) is 0.810. The van der Waals surface area contributed by atoms with Crippen LogP contribution in [0.25, 0.3) is 0 Å². The summed E-state index contributed by atoms with van der Waals surface area (Å²) in [5.41, 5.74) is 0.935. The lowest BCUT2D eigenvalue weighted by atomic mass is 9.67. The Balaban J connectivity index is 1.40. The van der Waals surface area contributed by atoms with Gasteiger partial charge in [-0.1, -0.05) is 32.6 Å². The predicted molar refractivity (Wildman–Crippen MR) is 79.4 cm³/mol. The molecule has 2 aliphatic carbocycles. The summed E-state index contributed by atoms with van der Waals surface area (Å²) in [6, 6.07) is 0. The fourth-order valence-electron chi connectivity index (χ4n) is 4.43. The molecule has 1 unspecified atom stereocenters. The first-order chi connectivity index (χ1) is 9.26. The molecule has 3 fully saturated rings. The van der Waals surface area contributed by atoms with Crippen molar-refractivity contribution >= 4 is 0 Å². The third-order valence-electron chi connectivity index (χ3n) is 6.14. The first kappa shape index (κ1) is 13.9. The Hall–Kier alpha value is -0.0800. The molecule has 3 rings (SSSR count). The minimum absolute atomic E-state index is 0.295. The highest BCUT2D eigenvalue weighted by molar-refractivity contribution is 4.93. The summed E-state index contributed by atoms with van der Waals surface area (Å²) >= 11 is 0. The summed E-state index contributed by atoms with van der Waals surface area (Å²) in [7, 11) is 0. The number of rotatable bonds is 5. The van der Waals surface area contributed by atoms with E-state index in [4.69, 9.17) is 4.74 Å². The zero-order valence-corrected chi connectivity index (χ0v) is 12.7. The van der Waals surface area contributed by atoms with Crippen molar-refractivity contribution in [1.82, 2.24) is 5.32 Å². The van der Waals surface area contributed by atoms with Crippen LogP contribution < -0.4 is 5.32 Å². The number of hydrogen-bond donors (Lipinski definition) is 1. The molecule has 1 N–H and O–H groups in total. The molecule has 0 aromatic rings. The molecule has 1 saturated heterocycles. The van der Waals surface area contributed by atoms with Gasteiger partial charge in [0, 0.05) is 13.1 Å². The summed E-state index contributed by atoms with van der Waals surface area (Å²) in [5.74, 6) is 0. The molecule has 1 aliphatic heterocycles. The van der Waals surface area contributed by atoms with Gasteiger partial charge in [-0.25, -0.2) is 0 Å². The normalized spacial score (nSPS) is 32.4. The van der Waals surface area contributed by atoms with Crippen molar-refractivity contribution in [2.45, 2.75) is 89.3 Å². The van der Waals surface area contributed by atoms with E-state index in [0.29, 0.717) is 17.1 Å². The predicted octanol–water partition coefficient (Wildman–Crippen LogP) is 4.04. The fraction of sp³-hybridized carbons (Fsp3) is 1.00. The van der Waals surface area contributed by atoms with Gasteiger partial charge in [0.25, 0.3) is 0 Å². The van der Waals surface area contributed by atoms with Crippen LogP contribution in [0.4, 0.5) is 0 Å². The summed E-state index contributed by atoms with van der Waals surface area (Å²) in [5, 5.41) is 3.72. The minimum Gasteiger partial charge on any atom is -0.370 e. The molecule has 0 radical (unpaired) electrons. The molecule has 1 spiro atoms. The SMILES string of the molecule is CCC1(CNCC2CCC3(CCCCC3)O2)CCC1. The molecule has 2 saturated carbocycles. The molecular weight excluding hydrogens is 234 g/mol. The van der Waals surface area contributed by atoms with Crippen LogP contribution in [0.3, 0.4) is 0 Å². The minimum atomic E-state index is 0.295. The van der Waals surface area contributed by atoms with Crippen LogP contribution in [0.1, 0.15) is 77.6 Å². The van der Waals surface area contributed by atoms with Crippen LogP contribution in [0, 0.1) is 5.41 Å². The van der Waals surface area contributed by atoms with Gasteiger partial charge in [-0.2, -0.15) is 0 Å². The molecule has 110 valence electrons. The van der Waals surface area contributed by atoms with Gasteiger partial charge in [0.05, 0.1) is 11.7 Å². The molecule has 0 amide bonds. The molecule has 2 heteroatoms. The molecule has 1 atom stereocenters. The monoisotopic (exact) mass is 265 g/mol. The highest BCUT2D eigenvalue weighted by Gasteiger charge is 2.41. The van der Waals surface area contributed by atoms with Gasteiger partial charge >= 0.3 is 0 Å². The third-order valence-corrected chi connectivity index (χ3v) is 6.14. The van der Waals surface area contributed by atoms with Crippen molar-refractivity contribution in [3.63, 3.8) is 0 Å². The number of ether oxygens (including phenoxy) is 1. The molecule has 0 aromatic heterocycles. The fourth-order valence-corrected chi connectivity index (χ4v) is 4.43. The van der Waals surface area contributed by atoms with E-state index in [1.807, 2.05) is 0 Å². The molecule has 0 bridgehead atoms. The molecule has 1 heterocycles. The van der Waals surface area contributed by atoms with E-state index in [1.165, 1.54) is 77.2 Å². The van der Waals surface area contributed by atoms with Crippen molar-refractivity contribution in [2.75, 3.05) is 13.1 Å². The third kappa shape index (κ3) is 3.00. The average molecular weight is 265 g/mol. The smallest absolute Gasteiger partial charge is 0.0708 e. The van der Waals surface area contributed by atoms with Crippen LogP contribution in [-0.2, 0) is 4.74 Å². The lowest BCUT2D eigenvalue weighted by Gasteiger charge is -2.42. The zero-order chi connectivity index (χ0) is 13.2. The Morgan fingerprint density at radius 3 is 2.42 bits per heavy atom. The molecule has 2 nitrogen and oxygen atoms in total. The van der Waals surface area contributed by atoms with Gasteiger partial charge < -0.3 is 10.1 Å². The van der Waals surface area contributed by atoms with E-state index >= 15 is 0 Å². The zero-order valence-electron chi connectivity index (χ0n) is 12.7. The van der Waals surface area contributed by atoms with E-state index in [-0.39, 0.29) is 0 Å². The second-order valence-corrected chi connectivity index (χ2v) is 7.36. The van der Waals surface area contributed by atoms with E-state index < -0.39 is 0 Å². The highest BCUT2D eigenvalue weighted by Crippen LogP contribution is 2.44. The van der Waals surface area contributed by atoms with Gasteiger partial charge in [0.1, 0.15) is 0 Å². The summed E-state index contributed by atoms with van der Waals surface area (Å²) in [4.78, 5) is 0. The topological polar surface area (TPSA) is 21.3 Å². The van der Waals surface area contributed by atoms with Crippen molar-refractivity contribution in [2.24, 2.45) is 5.41 Å². The second-order valence-electron chi connectivity index (χ2n) is 7.36. The van der Waals surface area contributed by atoms with E-state index in [2.05, 4.69) is 12.2 Å². The summed E-state index contributed by atoms with van der Waals surface area (Å²) < 4.78 is 6.43. The van der Waals surface area contributed by atoms with E-state index in [0.717, 1.165) is 6.54 Å². The van der Waals surface area contributed by atoms with Crippen LogP contribution in [-0.4, -0.2) is 24.8 Å². The molecule has 3 aliphatic rings. The maximum Gasteiger partial charge on any atom is 0.0708 e. The van der Waals surface area contributed by atoms with Gasteiger partial charge in [-0.05, 0) is 50.4 Å². The maximum absolute atomic E-state index is 6.43. The van der Waals surface area contributed by atoms with Crippen molar-refractivity contribution in [1.29, 1.82) is 0 Å². The Labute approximate surface area is 118 Å². The lowest BCUT2D eigenvalue weighted by molar-refractivity contribution is -0.0632. The molecular formula is C17H31NO. The Bertz CT molecular complexity index is 286. The van der Waals surface area contributed by atoms with Crippen LogP contribution in [0.15, 0.2) is 0 Å². The second kappa shape index (κ2) is 5.73. The van der Waals surface area contributed by atoms with Gasteiger partial charge in [-0.3, -0.25) is 0 Å². The Morgan fingerprint density at radius 2 is 1.79 bits per heavy atom. The average Bonchev–Trinajstić information content (AvgIpc) is 2.77. The first-order valence-corrected chi connectivity index (χ1v) is 8.65. The Kier molecular flexibility index (Phi) is 4.19. The van der Waals surface area contributed by atoms with Gasteiger partial charge in [0.2, 0.25) is 0 Å². The van der Waals surface area contributed by atoms with E-state index in [1.54, 1.807) is 0 Å². The number of hydrogen-bond acceptors (Lipinski definition) is 2. The van der Waals surface area contributed by atoms with Crippen molar-refractivity contribution < 1.29 is 4.74 Å². The van der Waals surface area contributed by atoms with E-state index in [9.17, 15) is 0 Å². The standard InChI is InChI=1S/C17H31NO/c1-2-16(8-6-9-16)14-18-13-15-7-12-17(19-15)10-4-3-5-11-17/h15,18H,2-14H2,1H3. The first-order valence-electron chi connectivity index (χ1n) is 8.65. The molecule has 19 heavy (non-hydrogen) atoms. The highest BCUT2D eigenvalue weighted by atomic mass is 16.5. The van der Waals surface area contributed by atoms with Crippen LogP contribution in [0.2, 0.25) is 0 Å². The summed E-state index contributed by atoms with van der Waals surface area (Å²) in [6.07, 6.45) is 15.6. The van der Waals surface area contributed by atoms with Crippen LogP contribution >= 0.6 is 0 Å². The van der Waals surface area contributed by atoms with Gasteiger partial charge in [0.15, 0.2) is 0 Å². The Morgan fingerprint density at radius 1 is 1.00 bits per heavy atom. The molecule has 0 aromatic carbocycles. The largest absolute Gasteiger partial charge is 0.370 e. The summed E-state index contributed by atoms with van der Waals surface area (Å²) in [6.45, 7) is 4.66. The maximum atomic E-state index is 6.43. The number of nitrogens with one attached hydrogen (secondary N) is 1. The lowest BCUT2D eigenvalue weighted by Crippen LogP contribution is -2.42. The van der Waals surface area contributed by atoms with Crippen molar-refractivity contribution in [3.8, 4) is 0 Å². The van der Waals surface area contributed by atoms with Crippen molar-refractivity contribution in [3.05, 3.63) is 0 Å².